The van der Waals surface area contributed by atoms with E-state index < -0.39 is 6.61 Å². The van der Waals surface area contributed by atoms with Gasteiger partial charge in [0.1, 0.15) is 0 Å². The lowest BCUT2D eigenvalue weighted by Crippen LogP contribution is -2.53. The van der Waals surface area contributed by atoms with E-state index in [2.05, 4.69) is 10.1 Å². The maximum absolute atomic E-state index is 12.9. The molecule has 1 amide bonds. The van der Waals surface area contributed by atoms with Crippen LogP contribution in [0, 0.1) is 11.8 Å². The number of rotatable bonds is 6. The van der Waals surface area contributed by atoms with E-state index in [9.17, 15) is 13.6 Å². The lowest BCUT2D eigenvalue weighted by atomic mass is 9.67. The Kier molecular flexibility index (Phi) is 6.04. The van der Waals surface area contributed by atoms with Crippen LogP contribution in [0.2, 0.25) is 0 Å². The van der Waals surface area contributed by atoms with Crippen molar-refractivity contribution in [1.82, 2.24) is 5.32 Å². The molecule has 2 aliphatic rings. The summed E-state index contributed by atoms with van der Waals surface area (Å²) in [5, 5.41) is 3.13. The van der Waals surface area contributed by atoms with Gasteiger partial charge in [-0.05, 0) is 49.7 Å². The number of nitrogens with one attached hydrogen (secondary N) is 1. The smallest absolute Gasteiger partial charge is 0.387 e. The summed E-state index contributed by atoms with van der Waals surface area (Å²) in [6, 6.07) is 3.05. The third kappa shape index (κ3) is 4.26. The average Bonchev–Trinajstić information content (AvgIpc) is 2.62. The van der Waals surface area contributed by atoms with E-state index in [0.717, 1.165) is 32.1 Å². The molecule has 6 nitrogen and oxygen atoms in total. The van der Waals surface area contributed by atoms with E-state index in [-0.39, 0.29) is 40.8 Å². The maximum Gasteiger partial charge on any atom is 0.387 e. The van der Waals surface area contributed by atoms with Gasteiger partial charge in [-0.15, -0.1) is 0 Å². The van der Waals surface area contributed by atoms with Gasteiger partial charge in [0.05, 0.1) is 14.2 Å². The predicted octanol–water partition coefficient (Wildman–Crippen LogP) is 2.94. The fraction of sp³-hybridized carbons (Fsp3) is 0.632. The molecule has 3 rings (SSSR count). The van der Waals surface area contributed by atoms with Gasteiger partial charge in [-0.2, -0.15) is 8.78 Å². The normalized spacial score (nSPS) is 27.2. The fourth-order valence-corrected chi connectivity index (χ4v) is 4.48. The van der Waals surface area contributed by atoms with Crippen LogP contribution in [0.1, 0.15) is 42.5 Å². The number of methoxy groups -OCH3 is 2. The van der Waals surface area contributed by atoms with Crippen molar-refractivity contribution >= 4 is 5.91 Å². The molecule has 0 radical (unpaired) electrons. The average molecular weight is 384 g/mol. The number of ether oxygens (including phenoxy) is 3. The largest absolute Gasteiger partial charge is 0.493 e. The molecule has 27 heavy (non-hydrogen) atoms. The summed E-state index contributed by atoms with van der Waals surface area (Å²) >= 11 is 0. The first-order valence-corrected chi connectivity index (χ1v) is 9.20. The van der Waals surface area contributed by atoms with E-state index in [1.807, 2.05) is 0 Å². The fourth-order valence-electron chi connectivity index (χ4n) is 4.48. The topological polar surface area (TPSA) is 82.8 Å². The van der Waals surface area contributed by atoms with Gasteiger partial charge in [0.25, 0.3) is 5.91 Å². The van der Waals surface area contributed by atoms with E-state index in [0.29, 0.717) is 11.8 Å². The molecule has 2 aliphatic carbocycles. The minimum atomic E-state index is -3.03. The van der Waals surface area contributed by atoms with Gasteiger partial charge in [-0.1, -0.05) is 6.42 Å². The quantitative estimate of drug-likeness (QED) is 0.788. The van der Waals surface area contributed by atoms with Gasteiger partial charge < -0.3 is 25.3 Å². The molecule has 0 aromatic heterocycles. The number of nitrogens with two attached hydrogens (primary N) is 1. The molecule has 1 aromatic carbocycles. The second-order valence-electron chi connectivity index (χ2n) is 7.27. The standard InChI is InChI=1S/C19H26F2N2O4/c1-25-14-8-12(9-15(26-2)17(14)27-19(20)21)18(24)23-16-10-4-3-5-11(16)7-13(22)6-10/h8-11,13,16,19H,3-7,22H2,1-2H3,(H,23,24). The van der Waals surface area contributed by atoms with Crippen molar-refractivity contribution in [3.8, 4) is 17.2 Å². The first-order chi connectivity index (χ1) is 12.9. The van der Waals surface area contributed by atoms with Crippen LogP contribution in [0.4, 0.5) is 8.78 Å². The molecule has 2 unspecified atom stereocenters. The molecule has 2 saturated carbocycles. The zero-order chi connectivity index (χ0) is 19.6. The van der Waals surface area contributed by atoms with Crippen LogP contribution in [0.15, 0.2) is 12.1 Å². The molecule has 3 N–H and O–H groups in total. The number of fused-ring (bicyclic) bond motifs is 2. The zero-order valence-corrected chi connectivity index (χ0v) is 15.5. The zero-order valence-electron chi connectivity index (χ0n) is 15.5. The Morgan fingerprint density at radius 1 is 1.15 bits per heavy atom. The highest BCUT2D eigenvalue weighted by molar-refractivity contribution is 5.95. The van der Waals surface area contributed by atoms with Crippen LogP contribution in [0.5, 0.6) is 17.2 Å². The summed E-state index contributed by atoms with van der Waals surface area (Å²) in [4.78, 5) is 12.9. The van der Waals surface area contributed by atoms with Crippen LogP contribution in [0.3, 0.4) is 0 Å². The van der Waals surface area contributed by atoms with Gasteiger partial charge in [0, 0.05) is 17.6 Å². The Morgan fingerprint density at radius 3 is 2.19 bits per heavy atom. The number of carbonyl (C=O) groups excluding carboxylic acids is 1. The number of halogens is 2. The number of hydrogen-bond donors (Lipinski definition) is 2. The van der Waals surface area contributed by atoms with Crippen molar-refractivity contribution in [2.45, 2.75) is 50.8 Å². The number of benzene rings is 1. The van der Waals surface area contributed by atoms with Crippen LogP contribution in [0.25, 0.3) is 0 Å². The number of hydrogen-bond acceptors (Lipinski definition) is 5. The summed E-state index contributed by atoms with van der Waals surface area (Å²) in [6.07, 6.45) is 5.10. The molecule has 2 atom stereocenters. The summed E-state index contributed by atoms with van der Waals surface area (Å²) in [6.45, 7) is -3.03. The molecular formula is C19H26F2N2O4. The summed E-state index contributed by atoms with van der Waals surface area (Å²) < 4.78 is 40.1. The Labute approximate surface area is 157 Å². The summed E-state index contributed by atoms with van der Waals surface area (Å²) in [7, 11) is 2.64. The van der Waals surface area contributed by atoms with Crippen LogP contribution >= 0.6 is 0 Å². The molecule has 1 aromatic rings. The van der Waals surface area contributed by atoms with E-state index >= 15 is 0 Å². The van der Waals surface area contributed by atoms with Crippen LogP contribution in [-0.4, -0.2) is 38.8 Å². The molecule has 150 valence electrons. The minimum Gasteiger partial charge on any atom is -0.493 e. The molecule has 0 saturated heterocycles. The van der Waals surface area contributed by atoms with Crippen LogP contribution in [-0.2, 0) is 0 Å². The first kappa shape index (κ1) is 19.7. The Balaban J connectivity index is 1.82. The predicted molar refractivity (Wildman–Crippen MR) is 95.5 cm³/mol. The number of carbonyl (C=O) groups is 1. The third-order valence-electron chi connectivity index (χ3n) is 5.60. The first-order valence-electron chi connectivity index (χ1n) is 9.20. The maximum atomic E-state index is 12.9. The molecule has 2 bridgehead atoms. The Morgan fingerprint density at radius 2 is 1.70 bits per heavy atom. The van der Waals surface area contributed by atoms with Crippen molar-refractivity contribution < 1.29 is 27.8 Å². The van der Waals surface area contributed by atoms with Crippen molar-refractivity contribution in [2.24, 2.45) is 17.6 Å². The van der Waals surface area contributed by atoms with Gasteiger partial charge >= 0.3 is 6.61 Å². The molecule has 0 heterocycles. The number of alkyl halides is 2. The highest BCUT2D eigenvalue weighted by Crippen LogP contribution is 2.41. The lowest BCUT2D eigenvalue weighted by Gasteiger charge is -2.45. The molecular weight excluding hydrogens is 358 g/mol. The van der Waals surface area contributed by atoms with Gasteiger partial charge in [-0.25, -0.2) is 0 Å². The van der Waals surface area contributed by atoms with Crippen molar-refractivity contribution in [1.29, 1.82) is 0 Å². The highest BCUT2D eigenvalue weighted by Gasteiger charge is 2.40. The van der Waals surface area contributed by atoms with Crippen molar-refractivity contribution in [3.63, 3.8) is 0 Å². The van der Waals surface area contributed by atoms with Gasteiger partial charge in [0.15, 0.2) is 11.5 Å². The van der Waals surface area contributed by atoms with Crippen LogP contribution < -0.4 is 25.3 Å². The minimum absolute atomic E-state index is 0.0191. The SMILES string of the molecule is COc1cc(C(=O)NC2C3CCCC2CC(N)C3)cc(OC)c1OC(F)F. The molecule has 8 heteroatoms. The van der Waals surface area contributed by atoms with E-state index in [4.69, 9.17) is 15.2 Å². The molecule has 0 spiro atoms. The number of amides is 1. The third-order valence-corrected chi connectivity index (χ3v) is 5.60. The van der Waals surface area contributed by atoms with E-state index in [1.54, 1.807) is 0 Å². The van der Waals surface area contributed by atoms with Crippen molar-refractivity contribution in [2.75, 3.05) is 14.2 Å². The Hall–Kier alpha value is -2.09. The summed E-state index contributed by atoms with van der Waals surface area (Å²) in [5.41, 5.74) is 6.42. The van der Waals surface area contributed by atoms with E-state index in [1.165, 1.54) is 26.4 Å². The molecule has 2 fully saturated rings. The lowest BCUT2D eigenvalue weighted by molar-refractivity contribution is -0.0526. The molecule has 0 aliphatic heterocycles. The summed E-state index contributed by atoms with van der Waals surface area (Å²) in [5.74, 6) is 0.277. The second-order valence-corrected chi connectivity index (χ2v) is 7.27. The van der Waals surface area contributed by atoms with Gasteiger partial charge in [0.2, 0.25) is 5.75 Å². The second kappa shape index (κ2) is 8.29. The Bertz CT molecular complexity index is 647. The highest BCUT2D eigenvalue weighted by atomic mass is 19.3. The van der Waals surface area contributed by atoms with Gasteiger partial charge in [-0.3, -0.25) is 4.79 Å². The monoisotopic (exact) mass is 384 g/mol. The van der Waals surface area contributed by atoms with Crippen molar-refractivity contribution in [3.05, 3.63) is 17.7 Å².